The van der Waals surface area contributed by atoms with Crippen LogP contribution in [0.25, 0.3) is 0 Å². The first-order chi connectivity index (χ1) is 9.40. The first kappa shape index (κ1) is 15.1. The number of aliphatic hydroxyl groups is 1. The van der Waals surface area contributed by atoms with Crippen molar-refractivity contribution in [1.29, 1.82) is 0 Å². The van der Waals surface area contributed by atoms with Gasteiger partial charge in [-0.15, -0.1) is 0 Å². The maximum Gasteiger partial charge on any atom is 0.161 e. The van der Waals surface area contributed by atoms with E-state index in [2.05, 4.69) is 11.9 Å². The van der Waals surface area contributed by atoms with Gasteiger partial charge >= 0.3 is 0 Å². The average Bonchev–Trinajstić information content (AvgIpc) is 2.38. The lowest BCUT2D eigenvalue weighted by molar-refractivity contribution is 0.0777. The second-order valence-electron chi connectivity index (χ2n) is 6.07. The van der Waals surface area contributed by atoms with E-state index in [-0.39, 0.29) is 6.10 Å². The highest BCUT2D eigenvalue weighted by molar-refractivity contribution is 5.44. The van der Waals surface area contributed by atoms with E-state index in [1.54, 1.807) is 21.0 Å². The third-order valence-electron chi connectivity index (χ3n) is 3.74. The SMILES string of the molecule is COc1cc(C(C)(C)O)ccc1OC1CCCN(C)C1. The lowest BCUT2D eigenvalue weighted by Gasteiger charge is -2.30. The topological polar surface area (TPSA) is 41.9 Å². The fraction of sp³-hybridized carbons (Fsp3) is 0.625. The van der Waals surface area contributed by atoms with Crippen molar-refractivity contribution in [2.24, 2.45) is 0 Å². The third-order valence-corrected chi connectivity index (χ3v) is 3.74. The lowest BCUT2D eigenvalue weighted by atomic mass is 9.98. The van der Waals surface area contributed by atoms with Gasteiger partial charge in [0.2, 0.25) is 0 Å². The normalized spacial score (nSPS) is 20.8. The summed E-state index contributed by atoms with van der Waals surface area (Å²) in [7, 11) is 3.74. The van der Waals surface area contributed by atoms with Crippen molar-refractivity contribution >= 4 is 0 Å². The summed E-state index contributed by atoms with van der Waals surface area (Å²) in [5.74, 6) is 1.43. The van der Waals surface area contributed by atoms with Gasteiger partial charge in [0, 0.05) is 6.54 Å². The Morgan fingerprint density at radius 3 is 2.65 bits per heavy atom. The van der Waals surface area contributed by atoms with Crippen molar-refractivity contribution in [2.75, 3.05) is 27.2 Å². The molecule has 1 atom stereocenters. The molecule has 0 aromatic heterocycles. The summed E-state index contributed by atoms with van der Waals surface area (Å²) in [5.41, 5.74) is -0.0564. The Hall–Kier alpha value is -1.26. The zero-order chi connectivity index (χ0) is 14.8. The number of likely N-dealkylation sites (N-methyl/N-ethyl adjacent to an activating group) is 1. The van der Waals surface area contributed by atoms with Crippen LogP contribution in [0.4, 0.5) is 0 Å². The van der Waals surface area contributed by atoms with Gasteiger partial charge in [0.25, 0.3) is 0 Å². The number of hydrogen-bond donors (Lipinski definition) is 1. The molecule has 1 unspecified atom stereocenters. The highest BCUT2D eigenvalue weighted by Gasteiger charge is 2.22. The average molecular weight is 279 g/mol. The van der Waals surface area contributed by atoms with E-state index in [0.29, 0.717) is 5.75 Å². The van der Waals surface area contributed by atoms with Crippen molar-refractivity contribution in [3.63, 3.8) is 0 Å². The number of hydrogen-bond acceptors (Lipinski definition) is 4. The van der Waals surface area contributed by atoms with Crippen molar-refractivity contribution in [1.82, 2.24) is 4.90 Å². The molecule has 1 aliphatic rings. The molecule has 0 aliphatic carbocycles. The molecule has 2 rings (SSSR count). The van der Waals surface area contributed by atoms with Crippen LogP contribution >= 0.6 is 0 Å². The van der Waals surface area contributed by atoms with Gasteiger partial charge in [-0.05, 0) is 58.0 Å². The number of benzene rings is 1. The second kappa shape index (κ2) is 6.02. The van der Waals surface area contributed by atoms with Gasteiger partial charge in [0.1, 0.15) is 6.10 Å². The summed E-state index contributed by atoms with van der Waals surface area (Å²) in [4.78, 5) is 2.28. The van der Waals surface area contributed by atoms with Crippen LogP contribution in [-0.2, 0) is 5.60 Å². The Kier molecular flexibility index (Phi) is 4.55. The second-order valence-corrected chi connectivity index (χ2v) is 6.07. The summed E-state index contributed by atoms with van der Waals surface area (Å²) >= 11 is 0. The lowest BCUT2D eigenvalue weighted by Crippen LogP contribution is -2.38. The summed E-state index contributed by atoms with van der Waals surface area (Å²) in [5, 5.41) is 10.1. The molecule has 1 aromatic carbocycles. The summed E-state index contributed by atoms with van der Waals surface area (Å²) in [6.07, 6.45) is 2.43. The van der Waals surface area contributed by atoms with E-state index >= 15 is 0 Å². The van der Waals surface area contributed by atoms with Crippen LogP contribution in [-0.4, -0.2) is 43.4 Å². The van der Waals surface area contributed by atoms with E-state index in [1.807, 2.05) is 18.2 Å². The number of rotatable bonds is 4. The number of likely N-dealkylation sites (tertiary alicyclic amines) is 1. The number of ether oxygens (including phenoxy) is 2. The van der Waals surface area contributed by atoms with Crippen LogP contribution in [0, 0.1) is 0 Å². The summed E-state index contributed by atoms with van der Waals surface area (Å²) in [6.45, 7) is 5.60. The molecule has 1 aliphatic heterocycles. The van der Waals surface area contributed by atoms with Crippen LogP contribution in [0.15, 0.2) is 18.2 Å². The minimum absolute atomic E-state index is 0.204. The molecule has 112 valence electrons. The molecule has 1 N–H and O–H groups in total. The van der Waals surface area contributed by atoms with Crippen molar-refractivity contribution in [3.05, 3.63) is 23.8 Å². The van der Waals surface area contributed by atoms with E-state index in [1.165, 1.54) is 0 Å². The van der Waals surface area contributed by atoms with Crippen LogP contribution in [0.3, 0.4) is 0 Å². The highest BCUT2D eigenvalue weighted by atomic mass is 16.5. The number of nitrogens with zero attached hydrogens (tertiary/aromatic N) is 1. The molecule has 0 bridgehead atoms. The molecule has 0 saturated carbocycles. The van der Waals surface area contributed by atoms with Crippen LogP contribution < -0.4 is 9.47 Å². The third kappa shape index (κ3) is 3.64. The van der Waals surface area contributed by atoms with Crippen LogP contribution in [0.2, 0.25) is 0 Å². The van der Waals surface area contributed by atoms with Gasteiger partial charge in [0.15, 0.2) is 11.5 Å². The molecule has 1 heterocycles. The predicted octanol–water partition coefficient (Wildman–Crippen LogP) is 2.40. The Balaban J connectivity index is 2.15. The van der Waals surface area contributed by atoms with Gasteiger partial charge < -0.3 is 19.5 Å². The molecule has 1 saturated heterocycles. The maximum absolute atomic E-state index is 10.1. The molecule has 0 amide bonds. The molecular formula is C16H25NO3. The van der Waals surface area contributed by atoms with E-state index in [9.17, 15) is 5.11 Å². The number of piperidine rings is 1. The van der Waals surface area contributed by atoms with Gasteiger partial charge in [-0.3, -0.25) is 0 Å². The Bertz CT molecular complexity index is 454. The van der Waals surface area contributed by atoms with E-state index < -0.39 is 5.60 Å². The van der Waals surface area contributed by atoms with Crippen molar-refractivity contribution in [3.8, 4) is 11.5 Å². The number of methoxy groups -OCH3 is 1. The molecule has 1 fully saturated rings. The summed E-state index contributed by atoms with van der Waals surface area (Å²) in [6, 6.07) is 5.63. The monoisotopic (exact) mass is 279 g/mol. The van der Waals surface area contributed by atoms with Crippen molar-refractivity contribution < 1.29 is 14.6 Å². The largest absolute Gasteiger partial charge is 0.493 e. The standard InChI is InChI=1S/C16H25NO3/c1-16(2,18)12-7-8-14(15(10-12)19-4)20-13-6-5-9-17(3)11-13/h7-8,10,13,18H,5-6,9,11H2,1-4H3. The molecule has 0 radical (unpaired) electrons. The highest BCUT2D eigenvalue weighted by Crippen LogP contribution is 2.33. The molecule has 4 heteroatoms. The fourth-order valence-corrected chi connectivity index (χ4v) is 2.54. The fourth-order valence-electron chi connectivity index (χ4n) is 2.54. The molecule has 20 heavy (non-hydrogen) atoms. The summed E-state index contributed by atoms with van der Waals surface area (Å²) < 4.78 is 11.5. The predicted molar refractivity (Wildman–Crippen MR) is 79.4 cm³/mol. The van der Waals surface area contributed by atoms with E-state index in [4.69, 9.17) is 9.47 Å². The molecule has 0 spiro atoms. The van der Waals surface area contributed by atoms with E-state index in [0.717, 1.165) is 37.2 Å². The smallest absolute Gasteiger partial charge is 0.161 e. The first-order valence-electron chi connectivity index (χ1n) is 7.16. The maximum atomic E-state index is 10.1. The molecular weight excluding hydrogens is 254 g/mol. The quantitative estimate of drug-likeness (QED) is 0.919. The Labute approximate surface area is 121 Å². The Morgan fingerprint density at radius 1 is 1.30 bits per heavy atom. The zero-order valence-electron chi connectivity index (χ0n) is 12.8. The Morgan fingerprint density at radius 2 is 2.05 bits per heavy atom. The molecule has 1 aromatic rings. The van der Waals surface area contributed by atoms with Crippen LogP contribution in [0.1, 0.15) is 32.3 Å². The van der Waals surface area contributed by atoms with Crippen LogP contribution in [0.5, 0.6) is 11.5 Å². The van der Waals surface area contributed by atoms with Gasteiger partial charge in [-0.2, -0.15) is 0 Å². The van der Waals surface area contributed by atoms with Gasteiger partial charge in [0.05, 0.1) is 12.7 Å². The van der Waals surface area contributed by atoms with Crippen molar-refractivity contribution in [2.45, 2.75) is 38.4 Å². The first-order valence-corrected chi connectivity index (χ1v) is 7.16. The van der Waals surface area contributed by atoms with Gasteiger partial charge in [-0.25, -0.2) is 0 Å². The van der Waals surface area contributed by atoms with Gasteiger partial charge in [-0.1, -0.05) is 6.07 Å². The molecule has 4 nitrogen and oxygen atoms in total. The zero-order valence-corrected chi connectivity index (χ0v) is 12.8. The minimum atomic E-state index is -0.878. The minimum Gasteiger partial charge on any atom is -0.493 e.